The van der Waals surface area contributed by atoms with Gasteiger partial charge in [0, 0.05) is 49.2 Å². The Hall–Kier alpha value is -2.14. The van der Waals surface area contributed by atoms with Crippen LogP contribution in [-0.2, 0) is 6.54 Å². The van der Waals surface area contributed by atoms with Gasteiger partial charge in [-0.15, -0.1) is 0 Å². The molecule has 2 bridgehead atoms. The van der Waals surface area contributed by atoms with Crippen molar-refractivity contribution in [1.29, 1.82) is 0 Å². The monoisotopic (exact) mass is 324 g/mol. The number of carbonyl (C=O) groups excluding carboxylic acids is 1. The fraction of sp³-hybridized carbons (Fsp3) is 0.474. The minimum atomic E-state index is 0.141. The number of hydrogen-bond donors (Lipinski definition) is 1. The molecular weight excluding hydrogens is 300 g/mol. The molecule has 0 aliphatic carbocycles. The van der Waals surface area contributed by atoms with Crippen LogP contribution in [0.15, 0.2) is 42.9 Å². The number of rotatable bonds is 4. The molecule has 2 saturated heterocycles. The van der Waals surface area contributed by atoms with E-state index < -0.39 is 0 Å². The van der Waals surface area contributed by atoms with E-state index in [0.29, 0.717) is 18.1 Å². The van der Waals surface area contributed by atoms with Crippen LogP contribution in [0.4, 0.5) is 0 Å². The number of H-pyrrole nitrogens is 1. The molecule has 2 unspecified atom stereocenters. The van der Waals surface area contributed by atoms with Crippen molar-refractivity contribution in [1.82, 2.24) is 19.8 Å². The third-order valence-electron chi connectivity index (χ3n) is 5.66. The summed E-state index contributed by atoms with van der Waals surface area (Å²) < 4.78 is 0. The van der Waals surface area contributed by atoms with Crippen molar-refractivity contribution >= 4 is 5.91 Å². The molecule has 0 radical (unpaired) electrons. The highest BCUT2D eigenvalue weighted by molar-refractivity contribution is 5.94. The Kier molecular flexibility index (Phi) is 4.10. The average Bonchev–Trinajstić information content (AvgIpc) is 3.20. The zero-order valence-electron chi connectivity index (χ0n) is 14.1. The summed E-state index contributed by atoms with van der Waals surface area (Å²) in [5.74, 6) is 0.141. The Morgan fingerprint density at radius 3 is 2.58 bits per heavy atom. The minimum Gasteiger partial charge on any atom is -0.347 e. The van der Waals surface area contributed by atoms with Gasteiger partial charge in [-0.3, -0.25) is 9.69 Å². The predicted octanol–water partition coefficient (Wildman–Crippen LogP) is 2.68. The third-order valence-corrected chi connectivity index (χ3v) is 5.66. The van der Waals surface area contributed by atoms with Gasteiger partial charge in [0.1, 0.15) is 0 Å². The van der Waals surface area contributed by atoms with Crippen molar-refractivity contribution in [3.63, 3.8) is 0 Å². The molecule has 0 spiro atoms. The quantitative estimate of drug-likeness (QED) is 0.941. The van der Waals surface area contributed by atoms with Crippen molar-refractivity contribution in [3.05, 3.63) is 54.1 Å². The lowest BCUT2D eigenvalue weighted by atomic mass is 9.95. The van der Waals surface area contributed by atoms with Gasteiger partial charge in [0.2, 0.25) is 0 Å². The number of nitrogens with one attached hydrogen (secondary N) is 1. The van der Waals surface area contributed by atoms with E-state index in [2.05, 4.69) is 14.9 Å². The topological polar surface area (TPSA) is 52.2 Å². The smallest absolute Gasteiger partial charge is 0.253 e. The molecule has 1 aromatic carbocycles. The van der Waals surface area contributed by atoms with Gasteiger partial charge >= 0.3 is 0 Å². The molecule has 5 heteroatoms. The molecule has 2 fully saturated rings. The molecule has 2 aliphatic rings. The normalized spacial score (nSPS) is 26.5. The number of amides is 1. The standard InChI is InChI=1S/C19H24N4O/c1-22(19(24)14-5-3-2-4-6-14)18-9-16-7-8-17(10-18)23(16)12-15-11-20-13-21-15/h2-6,11,13,16-18H,7-10,12H2,1H3,(H,20,21). The summed E-state index contributed by atoms with van der Waals surface area (Å²) in [5.41, 5.74) is 1.96. The summed E-state index contributed by atoms with van der Waals surface area (Å²) in [6.45, 7) is 0.943. The Morgan fingerprint density at radius 1 is 1.25 bits per heavy atom. The van der Waals surface area contributed by atoms with Crippen molar-refractivity contribution < 1.29 is 4.79 Å². The van der Waals surface area contributed by atoms with E-state index in [1.807, 2.05) is 48.5 Å². The highest BCUT2D eigenvalue weighted by Crippen LogP contribution is 2.38. The molecule has 1 aromatic heterocycles. The molecule has 24 heavy (non-hydrogen) atoms. The highest BCUT2D eigenvalue weighted by Gasteiger charge is 2.42. The van der Waals surface area contributed by atoms with Crippen LogP contribution < -0.4 is 0 Å². The summed E-state index contributed by atoms with van der Waals surface area (Å²) in [7, 11) is 1.96. The van der Waals surface area contributed by atoms with Crippen LogP contribution in [0.3, 0.4) is 0 Å². The third kappa shape index (κ3) is 2.84. The van der Waals surface area contributed by atoms with Crippen molar-refractivity contribution in [2.75, 3.05) is 7.05 Å². The van der Waals surface area contributed by atoms with E-state index >= 15 is 0 Å². The number of imidazole rings is 1. The number of carbonyl (C=O) groups is 1. The van der Waals surface area contributed by atoms with E-state index in [1.165, 1.54) is 18.5 Å². The lowest BCUT2D eigenvalue weighted by molar-refractivity contribution is 0.0474. The van der Waals surface area contributed by atoms with E-state index in [9.17, 15) is 4.79 Å². The lowest BCUT2D eigenvalue weighted by Crippen LogP contribution is -2.50. The number of aromatic nitrogens is 2. The summed E-state index contributed by atoms with van der Waals surface area (Å²) in [5, 5.41) is 0. The van der Waals surface area contributed by atoms with Crippen LogP contribution in [0.25, 0.3) is 0 Å². The molecule has 2 aliphatic heterocycles. The molecule has 4 rings (SSSR count). The summed E-state index contributed by atoms with van der Waals surface area (Å²) in [6.07, 6.45) is 8.28. The Labute approximate surface area is 142 Å². The highest BCUT2D eigenvalue weighted by atomic mass is 16.2. The molecular formula is C19H24N4O. The van der Waals surface area contributed by atoms with Gasteiger partial charge in [-0.05, 0) is 37.8 Å². The van der Waals surface area contributed by atoms with E-state index in [4.69, 9.17) is 0 Å². The minimum absolute atomic E-state index is 0.141. The predicted molar refractivity (Wildman–Crippen MR) is 92.5 cm³/mol. The number of aromatic amines is 1. The van der Waals surface area contributed by atoms with Gasteiger partial charge in [-0.2, -0.15) is 0 Å². The fourth-order valence-electron chi connectivity index (χ4n) is 4.34. The molecule has 2 atom stereocenters. The zero-order valence-corrected chi connectivity index (χ0v) is 14.1. The van der Waals surface area contributed by atoms with E-state index in [0.717, 1.165) is 24.9 Å². The van der Waals surface area contributed by atoms with Gasteiger partial charge in [0.15, 0.2) is 0 Å². The maximum Gasteiger partial charge on any atom is 0.253 e. The van der Waals surface area contributed by atoms with Gasteiger partial charge in [-0.1, -0.05) is 18.2 Å². The van der Waals surface area contributed by atoms with Crippen molar-refractivity contribution in [2.24, 2.45) is 0 Å². The maximum atomic E-state index is 12.7. The molecule has 5 nitrogen and oxygen atoms in total. The first kappa shape index (κ1) is 15.4. The molecule has 1 N–H and O–H groups in total. The van der Waals surface area contributed by atoms with E-state index in [-0.39, 0.29) is 5.91 Å². The summed E-state index contributed by atoms with van der Waals surface area (Å²) in [4.78, 5) is 24.6. The molecule has 3 heterocycles. The number of piperidine rings is 1. The van der Waals surface area contributed by atoms with Crippen molar-refractivity contribution in [2.45, 2.75) is 50.4 Å². The number of hydrogen-bond acceptors (Lipinski definition) is 3. The summed E-state index contributed by atoms with van der Waals surface area (Å²) >= 11 is 0. The summed E-state index contributed by atoms with van der Waals surface area (Å²) in [6, 6.07) is 11.1. The first-order valence-electron chi connectivity index (χ1n) is 8.77. The number of nitrogens with zero attached hydrogens (tertiary/aromatic N) is 3. The van der Waals surface area contributed by atoms with Crippen LogP contribution in [0.1, 0.15) is 41.7 Å². The number of benzene rings is 1. The maximum absolute atomic E-state index is 12.7. The van der Waals surface area contributed by atoms with Crippen LogP contribution in [-0.4, -0.2) is 50.8 Å². The van der Waals surface area contributed by atoms with Crippen LogP contribution in [0, 0.1) is 0 Å². The average molecular weight is 324 g/mol. The second kappa shape index (κ2) is 6.40. The Bertz CT molecular complexity index is 671. The van der Waals surface area contributed by atoms with Crippen LogP contribution >= 0.6 is 0 Å². The van der Waals surface area contributed by atoms with E-state index in [1.54, 1.807) is 6.33 Å². The van der Waals surface area contributed by atoms with Gasteiger partial charge < -0.3 is 9.88 Å². The van der Waals surface area contributed by atoms with Crippen LogP contribution in [0.5, 0.6) is 0 Å². The molecule has 1 amide bonds. The molecule has 2 aromatic rings. The second-order valence-corrected chi connectivity index (χ2v) is 7.04. The fourth-order valence-corrected chi connectivity index (χ4v) is 4.34. The molecule has 0 saturated carbocycles. The lowest BCUT2D eigenvalue weighted by Gasteiger charge is -2.42. The van der Waals surface area contributed by atoms with Gasteiger partial charge in [0.25, 0.3) is 5.91 Å². The van der Waals surface area contributed by atoms with Gasteiger partial charge in [-0.25, -0.2) is 4.98 Å². The van der Waals surface area contributed by atoms with Gasteiger partial charge in [0.05, 0.1) is 6.33 Å². The Morgan fingerprint density at radius 2 is 1.96 bits per heavy atom. The molecule has 126 valence electrons. The number of fused-ring (bicyclic) bond motifs is 2. The SMILES string of the molecule is CN(C(=O)c1ccccc1)C1CC2CCC(C1)N2Cc1cnc[nH]1. The first-order valence-corrected chi connectivity index (χ1v) is 8.77. The van der Waals surface area contributed by atoms with Crippen LogP contribution in [0.2, 0.25) is 0 Å². The zero-order chi connectivity index (χ0) is 16.5. The first-order chi connectivity index (χ1) is 11.7. The van der Waals surface area contributed by atoms with Crippen molar-refractivity contribution in [3.8, 4) is 0 Å². The Balaban J connectivity index is 1.44. The largest absolute Gasteiger partial charge is 0.347 e. The second-order valence-electron chi connectivity index (χ2n) is 7.04.